The van der Waals surface area contributed by atoms with Gasteiger partial charge in [0, 0.05) is 24.5 Å². The summed E-state index contributed by atoms with van der Waals surface area (Å²) in [6.45, 7) is 4.72. The summed E-state index contributed by atoms with van der Waals surface area (Å²) in [6.07, 6.45) is 1.64. The number of carbonyl (C=O) groups excluding carboxylic acids is 1. The fourth-order valence-corrected chi connectivity index (χ4v) is 2.70. The Morgan fingerprint density at radius 1 is 1.22 bits per heavy atom. The Labute approximate surface area is 165 Å². The molecule has 0 unspecified atom stereocenters. The number of nitrogens with zero attached hydrogens (tertiary/aromatic N) is 2. The van der Waals surface area contributed by atoms with E-state index in [9.17, 15) is 4.79 Å². The molecule has 2 N–H and O–H groups in total. The maximum Gasteiger partial charge on any atom is 0.273 e. The lowest BCUT2D eigenvalue weighted by Crippen LogP contribution is -2.23. The average molecular weight is 431 g/mol. The first-order valence-corrected chi connectivity index (χ1v) is 9.20. The van der Waals surface area contributed by atoms with Crippen molar-refractivity contribution < 1.29 is 14.3 Å². The van der Waals surface area contributed by atoms with Crippen LogP contribution in [0.25, 0.3) is 0 Å². The monoisotopic (exact) mass is 430 g/mol. The first kappa shape index (κ1) is 18.9. The summed E-state index contributed by atoms with van der Waals surface area (Å²) in [6, 6.07) is 10.9. The van der Waals surface area contributed by atoms with Crippen molar-refractivity contribution in [2.24, 2.45) is 0 Å². The standard InChI is InChI=1S/C19H19BrN4O3/c1-3-26-14-4-6-15(7-5-14)27-16-10-13(8-9-21-16)11-22-19(25)18-17(20)12(2)23-24-18/h4-10H,3,11H2,1-2H3,(H,22,25)(H,23,24). The molecule has 3 rings (SSSR count). The van der Waals surface area contributed by atoms with Crippen molar-refractivity contribution in [1.29, 1.82) is 0 Å². The van der Waals surface area contributed by atoms with E-state index in [1.807, 2.05) is 44.2 Å². The minimum atomic E-state index is -0.267. The summed E-state index contributed by atoms with van der Waals surface area (Å²) in [5, 5.41) is 9.59. The van der Waals surface area contributed by atoms with Crippen LogP contribution in [0.3, 0.4) is 0 Å². The number of hydrogen-bond donors (Lipinski definition) is 2. The predicted octanol–water partition coefficient (Wildman–Crippen LogP) is 4.00. The maximum absolute atomic E-state index is 12.2. The Hall–Kier alpha value is -2.87. The molecular formula is C19H19BrN4O3. The molecule has 3 aromatic rings. The minimum absolute atomic E-state index is 0.267. The smallest absolute Gasteiger partial charge is 0.273 e. The van der Waals surface area contributed by atoms with Gasteiger partial charge < -0.3 is 14.8 Å². The first-order valence-electron chi connectivity index (χ1n) is 8.41. The van der Waals surface area contributed by atoms with Gasteiger partial charge in [-0.05, 0) is 65.7 Å². The van der Waals surface area contributed by atoms with E-state index in [4.69, 9.17) is 9.47 Å². The van der Waals surface area contributed by atoms with Crippen LogP contribution in [0, 0.1) is 6.92 Å². The summed E-state index contributed by atoms with van der Waals surface area (Å²) in [7, 11) is 0. The zero-order valence-corrected chi connectivity index (χ0v) is 16.5. The quantitative estimate of drug-likeness (QED) is 0.591. The Morgan fingerprint density at radius 2 is 1.96 bits per heavy atom. The van der Waals surface area contributed by atoms with Crippen molar-refractivity contribution in [3.63, 3.8) is 0 Å². The molecule has 0 atom stereocenters. The number of hydrogen-bond acceptors (Lipinski definition) is 5. The molecule has 27 heavy (non-hydrogen) atoms. The fraction of sp³-hybridized carbons (Fsp3) is 0.211. The van der Waals surface area contributed by atoms with Gasteiger partial charge in [-0.2, -0.15) is 5.10 Å². The minimum Gasteiger partial charge on any atom is -0.494 e. The summed E-state index contributed by atoms with van der Waals surface area (Å²) in [4.78, 5) is 16.4. The molecule has 0 radical (unpaired) electrons. The van der Waals surface area contributed by atoms with Gasteiger partial charge in [0.2, 0.25) is 5.88 Å². The number of nitrogens with one attached hydrogen (secondary N) is 2. The number of halogens is 1. The number of ether oxygens (including phenoxy) is 2. The van der Waals surface area contributed by atoms with Gasteiger partial charge in [-0.3, -0.25) is 9.89 Å². The van der Waals surface area contributed by atoms with E-state index in [2.05, 4.69) is 36.4 Å². The van der Waals surface area contributed by atoms with E-state index in [1.165, 1.54) is 0 Å². The number of carbonyl (C=O) groups is 1. The van der Waals surface area contributed by atoms with Crippen LogP contribution in [-0.4, -0.2) is 27.7 Å². The van der Waals surface area contributed by atoms with E-state index in [0.29, 0.717) is 34.9 Å². The number of amides is 1. The zero-order chi connectivity index (χ0) is 19.2. The van der Waals surface area contributed by atoms with Gasteiger partial charge in [0.1, 0.15) is 11.5 Å². The van der Waals surface area contributed by atoms with Crippen LogP contribution in [-0.2, 0) is 6.54 Å². The Morgan fingerprint density at radius 3 is 2.63 bits per heavy atom. The Balaban J connectivity index is 1.61. The normalized spacial score (nSPS) is 10.5. The molecule has 0 spiro atoms. The van der Waals surface area contributed by atoms with E-state index in [1.54, 1.807) is 12.3 Å². The highest BCUT2D eigenvalue weighted by Gasteiger charge is 2.15. The molecule has 0 fully saturated rings. The second kappa shape index (κ2) is 8.68. The predicted molar refractivity (Wildman–Crippen MR) is 104 cm³/mol. The summed E-state index contributed by atoms with van der Waals surface area (Å²) < 4.78 is 11.8. The average Bonchev–Trinajstić information content (AvgIpc) is 3.01. The molecule has 0 aliphatic carbocycles. The van der Waals surface area contributed by atoms with Crippen LogP contribution < -0.4 is 14.8 Å². The van der Waals surface area contributed by atoms with Crippen molar-refractivity contribution in [3.05, 3.63) is 64.0 Å². The topological polar surface area (TPSA) is 89.1 Å². The summed E-state index contributed by atoms with van der Waals surface area (Å²) in [5.41, 5.74) is 1.99. The number of benzene rings is 1. The fourth-order valence-electron chi connectivity index (χ4n) is 2.34. The third kappa shape index (κ3) is 4.85. The second-order valence-electron chi connectivity index (χ2n) is 5.70. The molecule has 140 valence electrons. The van der Waals surface area contributed by atoms with Crippen LogP contribution in [0.1, 0.15) is 28.7 Å². The number of aromatic amines is 1. The van der Waals surface area contributed by atoms with E-state index in [-0.39, 0.29) is 5.91 Å². The molecule has 0 aliphatic heterocycles. The molecular weight excluding hydrogens is 412 g/mol. The SMILES string of the molecule is CCOc1ccc(Oc2cc(CNC(=O)c3n[nH]c(C)c3Br)ccn2)cc1. The lowest BCUT2D eigenvalue weighted by molar-refractivity contribution is 0.0945. The van der Waals surface area contributed by atoms with E-state index < -0.39 is 0 Å². The van der Waals surface area contributed by atoms with Gasteiger partial charge >= 0.3 is 0 Å². The second-order valence-corrected chi connectivity index (χ2v) is 6.50. The number of aromatic nitrogens is 3. The van der Waals surface area contributed by atoms with Crippen LogP contribution in [0.2, 0.25) is 0 Å². The lowest BCUT2D eigenvalue weighted by atomic mass is 10.2. The van der Waals surface area contributed by atoms with Gasteiger partial charge in [-0.1, -0.05) is 0 Å². The molecule has 0 bridgehead atoms. The van der Waals surface area contributed by atoms with Crippen molar-refractivity contribution in [2.75, 3.05) is 6.61 Å². The molecule has 2 heterocycles. The highest BCUT2D eigenvalue weighted by Crippen LogP contribution is 2.23. The largest absolute Gasteiger partial charge is 0.494 e. The van der Waals surface area contributed by atoms with E-state index in [0.717, 1.165) is 17.0 Å². The van der Waals surface area contributed by atoms with E-state index >= 15 is 0 Å². The third-order valence-electron chi connectivity index (χ3n) is 3.70. The molecule has 2 aromatic heterocycles. The number of H-pyrrole nitrogens is 1. The highest BCUT2D eigenvalue weighted by atomic mass is 79.9. The number of aryl methyl sites for hydroxylation is 1. The Bertz CT molecular complexity index is 925. The van der Waals surface area contributed by atoms with Crippen molar-refractivity contribution in [1.82, 2.24) is 20.5 Å². The van der Waals surface area contributed by atoms with Gasteiger partial charge in [-0.15, -0.1) is 0 Å². The number of rotatable bonds is 7. The molecule has 1 amide bonds. The van der Waals surface area contributed by atoms with Crippen LogP contribution in [0.4, 0.5) is 0 Å². The van der Waals surface area contributed by atoms with Crippen LogP contribution in [0.15, 0.2) is 47.1 Å². The highest BCUT2D eigenvalue weighted by molar-refractivity contribution is 9.10. The van der Waals surface area contributed by atoms with Crippen molar-refractivity contribution in [2.45, 2.75) is 20.4 Å². The van der Waals surface area contributed by atoms with Gasteiger partial charge in [0.25, 0.3) is 5.91 Å². The lowest BCUT2D eigenvalue weighted by Gasteiger charge is -2.08. The van der Waals surface area contributed by atoms with Gasteiger partial charge in [0.05, 0.1) is 11.1 Å². The Kier molecular flexibility index (Phi) is 6.08. The zero-order valence-electron chi connectivity index (χ0n) is 15.0. The van der Waals surface area contributed by atoms with Crippen molar-refractivity contribution >= 4 is 21.8 Å². The molecule has 7 nitrogen and oxygen atoms in total. The molecule has 0 saturated carbocycles. The maximum atomic E-state index is 12.2. The number of pyridine rings is 1. The summed E-state index contributed by atoms with van der Waals surface area (Å²) >= 11 is 3.35. The van der Waals surface area contributed by atoms with Crippen LogP contribution in [0.5, 0.6) is 17.4 Å². The van der Waals surface area contributed by atoms with Gasteiger partial charge in [-0.25, -0.2) is 4.98 Å². The molecule has 1 aromatic carbocycles. The molecule has 0 aliphatic rings. The van der Waals surface area contributed by atoms with Crippen molar-refractivity contribution in [3.8, 4) is 17.4 Å². The summed E-state index contributed by atoms with van der Waals surface area (Å²) in [5.74, 6) is 1.62. The third-order valence-corrected chi connectivity index (χ3v) is 4.67. The molecule has 0 saturated heterocycles. The van der Waals surface area contributed by atoms with Gasteiger partial charge in [0.15, 0.2) is 5.69 Å². The molecule has 8 heteroatoms. The van der Waals surface area contributed by atoms with Crippen LogP contribution >= 0.6 is 15.9 Å². The first-order chi connectivity index (χ1) is 13.1.